The van der Waals surface area contributed by atoms with Crippen LogP contribution >= 0.6 is 0 Å². The van der Waals surface area contributed by atoms with Crippen molar-refractivity contribution in [3.8, 4) is 11.5 Å². The lowest BCUT2D eigenvalue weighted by Gasteiger charge is -2.19. The Balaban J connectivity index is 1.70. The van der Waals surface area contributed by atoms with Gasteiger partial charge in [-0.2, -0.15) is 0 Å². The quantitative estimate of drug-likeness (QED) is 0.629. The summed E-state index contributed by atoms with van der Waals surface area (Å²) >= 11 is 0. The molecule has 0 saturated carbocycles. The average molecular weight is 380 g/mol. The molecule has 7 heteroatoms. The molecule has 3 aromatic rings. The first-order chi connectivity index (χ1) is 13.7. The van der Waals surface area contributed by atoms with Gasteiger partial charge in [0.15, 0.2) is 17.8 Å². The summed E-state index contributed by atoms with van der Waals surface area (Å²) < 4.78 is 21.8. The van der Waals surface area contributed by atoms with E-state index in [2.05, 4.69) is 10.3 Å². The highest BCUT2D eigenvalue weighted by atomic mass is 16.5. The van der Waals surface area contributed by atoms with Gasteiger partial charge in [0.1, 0.15) is 12.0 Å². The molecule has 0 atom stereocenters. The van der Waals surface area contributed by atoms with Gasteiger partial charge in [-0.1, -0.05) is 0 Å². The average Bonchev–Trinajstić information content (AvgIpc) is 3.39. The lowest BCUT2D eigenvalue weighted by atomic mass is 9.92. The predicted molar refractivity (Wildman–Crippen MR) is 104 cm³/mol. The van der Waals surface area contributed by atoms with Gasteiger partial charge in [0, 0.05) is 12.1 Å². The summed E-state index contributed by atoms with van der Waals surface area (Å²) in [7, 11) is 3.20. The molecule has 2 aromatic heterocycles. The van der Waals surface area contributed by atoms with Crippen LogP contribution in [0.4, 0.5) is 5.88 Å². The lowest BCUT2D eigenvalue weighted by Crippen LogP contribution is -2.15. The third-order valence-corrected chi connectivity index (χ3v) is 4.72. The predicted octanol–water partition coefficient (Wildman–Crippen LogP) is 3.71. The summed E-state index contributed by atoms with van der Waals surface area (Å²) in [5, 5.41) is 3.10. The maximum Gasteiger partial charge on any atom is 0.204 e. The summed E-state index contributed by atoms with van der Waals surface area (Å²) in [5.74, 6) is 2.41. The first-order valence-corrected chi connectivity index (χ1v) is 8.88. The molecule has 3 heterocycles. The highest BCUT2D eigenvalue weighted by Gasteiger charge is 2.24. The first-order valence-electron chi connectivity index (χ1n) is 8.88. The van der Waals surface area contributed by atoms with Gasteiger partial charge in [-0.05, 0) is 36.2 Å². The third-order valence-electron chi connectivity index (χ3n) is 4.72. The van der Waals surface area contributed by atoms with E-state index in [1.165, 1.54) is 0 Å². The number of methoxy groups -OCH3 is 2. The highest BCUT2D eigenvalue weighted by molar-refractivity contribution is 6.18. The fraction of sp³-hybridized carbons (Fsp3) is 0.238. The number of benzene rings is 1. The van der Waals surface area contributed by atoms with Crippen molar-refractivity contribution in [2.45, 2.75) is 13.0 Å². The van der Waals surface area contributed by atoms with Gasteiger partial charge in [-0.25, -0.2) is 0 Å². The number of furan rings is 2. The van der Waals surface area contributed by atoms with Crippen molar-refractivity contribution in [1.82, 2.24) is 0 Å². The van der Waals surface area contributed by atoms with Crippen LogP contribution in [-0.4, -0.2) is 32.8 Å². The van der Waals surface area contributed by atoms with Gasteiger partial charge in [0.25, 0.3) is 0 Å². The Kier molecular flexibility index (Phi) is 4.89. The minimum atomic E-state index is 0.386. The molecule has 0 saturated heterocycles. The number of aldehydes is 1. The van der Waals surface area contributed by atoms with E-state index in [4.69, 9.17) is 18.3 Å². The molecule has 1 aliphatic heterocycles. The maximum atomic E-state index is 11.8. The van der Waals surface area contributed by atoms with Crippen LogP contribution in [0.15, 0.2) is 50.6 Å². The molecule has 7 nitrogen and oxygen atoms in total. The van der Waals surface area contributed by atoms with Gasteiger partial charge in [0.2, 0.25) is 5.88 Å². The second kappa shape index (κ2) is 7.64. The van der Waals surface area contributed by atoms with Crippen LogP contribution in [0.1, 0.15) is 32.8 Å². The van der Waals surface area contributed by atoms with E-state index in [1.54, 1.807) is 32.8 Å². The van der Waals surface area contributed by atoms with Crippen LogP contribution < -0.4 is 14.8 Å². The number of fused-ring (bicyclic) bond motifs is 1. The van der Waals surface area contributed by atoms with Gasteiger partial charge in [-0.15, -0.1) is 0 Å². The highest BCUT2D eigenvalue weighted by Crippen LogP contribution is 2.35. The van der Waals surface area contributed by atoms with Gasteiger partial charge >= 0.3 is 0 Å². The molecule has 144 valence electrons. The monoisotopic (exact) mass is 380 g/mol. The summed E-state index contributed by atoms with van der Waals surface area (Å²) in [6.07, 6.45) is 4.72. The molecule has 0 bridgehead atoms. The standard InChI is InChI=1S/C21H20N2O5/c1-25-18-8-13-5-6-22-20(15(13)9-19(18)26-2)17-12-28-21(16(17)11-24)23-10-14-4-3-7-27-14/h3-4,7-9,11-12,23H,5-6,10H2,1-2H3. The molecule has 0 unspecified atom stereocenters. The fourth-order valence-electron chi connectivity index (χ4n) is 3.34. The molecule has 1 N–H and O–H groups in total. The molecule has 0 amide bonds. The minimum Gasteiger partial charge on any atom is -0.493 e. The van der Waals surface area contributed by atoms with E-state index in [1.807, 2.05) is 18.2 Å². The zero-order chi connectivity index (χ0) is 19.5. The van der Waals surface area contributed by atoms with Crippen molar-refractivity contribution in [2.75, 3.05) is 26.1 Å². The summed E-state index contributed by atoms with van der Waals surface area (Å²) in [4.78, 5) is 16.5. The zero-order valence-electron chi connectivity index (χ0n) is 15.7. The molecule has 1 aliphatic rings. The number of anilines is 1. The molecule has 0 radical (unpaired) electrons. The van der Waals surface area contributed by atoms with Gasteiger partial charge < -0.3 is 23.6 Å². The van der Waals surface area contributed by atoms with E-state index in [0.29, 0.717) is 47.3 Å². The molecular weight excluding hydrogens is 360 g/mol. The van der Waals surface area contributed by atoms with Crippen LogP contribution in [0.3, 0.4) is 0 Å². The van der Waals surface area contributed by atoms with Crippen molar-refractivity contribution < 1.29 is 23.1 Å². The number of hydrogen-bond acceptors (Lipinski definition) is 7. The summed E-state index contributed by atoms with van der Waals surface area (Å²) in [6, 6.07) is 7.50. The van der Waals surface area contributed by atoms with Gasteiger partial charge in [0.05, 0.1) is 43.9 Å². The minimum absolute atomic E-state index is 0.386. The Hall–Kier alpha value is -3.48. The Morgan fingerprint density at radius 3 is 2.71 bits per heavy atom. The molecule has 0 spiro atoms. The van der Waals surface area contributed by atoms with Crippen LogP contribution in [0, 0.1) is 0 Å². The number of nitrogens with one attached hydrogen (secondary N) is 1. The lowest BCUT2D eigenvalue weighted by molar-refractivity contribution is 0.112. The number of aliphatic imine (C=N–C) groups is 1. The molecule has 0 fully saturated rings. The second-order valence-corrected chi connectivity index (χ2v) is 6.29. The maximum absolute atomic E-state index is 11.8. The Morgan fingerprint density at radius 2 is 2.00 bits per heavy atom. The second-order valence-electron chi connectivity index (χ2n) is 6.29. The van der Waals surface area contributed by atoms with Crippen LogP contribution in [-0.2, 0) is 13.0 Å². The largest absolute Gasteiger partial charge is 0.493 e. The topological polar surface area (TPSA) is 86.2 Å². The fourth-order valence-corrected chi connectivity index (χ4v) is 3.34. The number of nitrogens with zero attached hydrogens (tertiary/aromatic N) is 1. The third kappa shape index (κ3) is 3.15. The molecule has 28 heavy (non-hydrogen) atoms. The number of hydrogen-bond donors (Lipinski definition) is 1. The number of carbonyl (C=O) groups excluding carboxylic acids is 1. The number of rotatable bonds is 7. The van der Waals surface area contributed by atoms with E-state index in [-0.39, 0.29) is 0 Å². The van der Waals surface area contributed by atoms with Crippen LogP contribution in [0.25, 0.3) is 0 Å². The molecule has 4 rings (SSSR count). The zero-order valence-corrected chi connectivity index (χ0v) is 15.7. The van der Waals surface area contributed by atoms with E-state index >= 15 is 0 Å². The molecule has 0 aliphatic carbocycles. The van der Waals surface area contributed by atoms with Crippen LogP contribution in [0.2, 0.25) is 0 Å². The number of ether oxygens (including phenoxy) is 2. The Labute approximate surface area is 162 Å². The SMILES string of the molecule is COc1cc2c(cc1OC)C(c1coc(NCc3ccco3)c1C=O)=NCC2. The van der Waals surface area contributed by atoms with E-state index in [0.717, 1.165) is 29.6 Å². The Bertz CT molecular complexity index is 1020. The van der Waals surface area contributed by atoms with Gasteiger partial charge in [-0.3, -0.25) is 9.79 Å². The van der Waals surface area contributed by atoms with E-state index < -0.39 is 0 Å². The molecular formula is C21H20N2O5. The summed E-state index contributed by atoms with van der Waals surface area (Å²) in [5.41, 5.74) is 3.77. The molecule has 1 aromatic carbocycles. The van der Waals surface area contributed by atoms with Crippen LogP contribution in [0.5, 0.6) is 11.5 Å². The Morgan fingerprint density at radius 1 is 1.18 bits per heavy atom. The van der Waals surface area contributed by atoms with E-state index in [9.17, 15) is 4.79 Å². The first kappa shape index (κ1) is 17.9. The van der Waals surface area contributed by atoms with Crippen molar-refractivity contribution in [3.63, 3.8) is 0 Å². The smallest absolute Gasteiger partial charge is 0.204 e. The van der Waals surface area contributed by atoms with Crippen molar-refractivity contribution in [1.29, 1.82) is 0 Å². The van der Waals surface area contributed by atoms with Crippen molar-refractivity contribution in [3.05, 3.63) is 64.8 Å². The normalized spacial score (nSPS) is 12.9. The van der Waals surface area contributed by atoms with Crippen molar-refractivity contribution >= 4 is 17.9 Å². The summed E-state index contributed by atoms with van der Waals surface area (Å²) in [6.45, 7) is 1.03. The number of carbonyl (C=O) groups is 1. The van der Waals surface area contributed by atoms with Crippen molar-refractivity contribution in [2.24, 2.45) is 4.99 Å².